The molecule has 2 amide bonds. The number of likely N-dealkylation sites (tertiary alicyclic amines) is 1. The maximum atomic E-state index is 13.5. The van der Waals surface area contributed by atoms with E-state index in [4.69, 9.17) is 4.52 Å². The molecule has 1 fully saturated rings. The summed E-state index contributed by atoms with van der Waals surface area (Å²) in [5.41, 5.74) is 3.54. The highest BCUT2D eigenvalue weighted by atomic mass is 16.5. The van der Waals surface area contributed by atoms with E-state index in [0.717, 1.165) is 28.1 Å². The fourth-order valence-electron chi connectivity index (χ4n) is 5.06. The number of hydrogen-bond acceptors (Lipinski definition) is 4. The summed E-state index contributed by atoms with van der Waals surface area (Å²) in [6.07, 6.45) is 0.798. The van der Waals surface area contributed by atoms with Crippen LogP contribution in [0.25, 0.3) is 0 Å². The van der Waals surface area contributed by atoms with Crippen LogP contribution in [-0.2, 0) is 21.4 Å². The highest BCUT2D eigenvalue weighted by Gasteiger charge is 2.59. The van der Waals surface area contributed by atoms with Crippen molar-refractivity contribution in [3.05, 3.63) is 82.7 Å². The van der Waals surface area contributed by atoms with Gasteiger partial charge < -0.3 is 14.7 Å². The number of aromatic nitrogens is 1. The van der Waals surface area contributed by atoms with Crippen LogP contribution in [-0.4, -0.2) is 28.4 Å². The molecule has 0 saturated carbocycles. The lowest BCUT2D eigenvalue weighted by Gasteiger charge is -2.34. The van der Waals surface area contributed by atoms with Gasteiger partial charge in [-0.05, 0) is 37.5 Å². The first-order valence-corrected chi connectivity index (χ1v) is 10.2. The Morgan fingerprint density at radius 2 is 1.90 bits per heavy atom. The summed E-state index contributed by atoms with van der Waals surface area (Å²) >= 11 is 0. The third-order valence-electron chi connectivity index (χ3n) is 6.53. The van der Waals surface area contributed by atoms with Gasteiger partial charge in [0, 0.05) is 17.8 Å². The van der Waals surface area contributed by atoms with Gasteiger partial charge in [-0.3, -0.25) is 9.59 Å². The van der Waals surface area contributed by atoms with E-state index in [1.165, 1.54) is 0 Å². The van der Waals surface area contributed by atoms with Crippen molar-refractivity contribution in [1.82, 2.24) is 10.1 Å². The molecule has 30 heavy (non-hydrogen) atoms. The summed E-state index contributed by atoms with van der Waals surface area (Å²) in [6.45, 7) is 4.19. The predicted molar refractivity (Wildman–Crippen MR) is 112 cm³/mol. The first-order chi connectivity index (χ1) is 14.5. The van der Waals surface area contributed by atoms with Crippen molar-refractivity contribution in [2.24, 2.45) is 0 Å². The van der Waals surface area contributed by atoms with Crippen LogP contribution in [0.5, 0.6) is 0 Å². The van der Waals surface area contributed by atoms with Crippen molar-refractivity contribution < 1.29 is 14.1 Å². The van der Waals surface area contributed by atoms with Gasteiger partial charge in [0.25, 0.3) is 0 Å². The number of aryl methyl sites for hydroxylation is 2. The van der Waals surface area contributed by atoms with Crippen LogP contribution in [0.2, 0.25) is 0 Å². The molecule has 0 radical (unpaired) electrons. The Kier molecular flexibility index (Phi) is 4.24. The molecule has 2 aliphatic heterocycles. The Labute approximate surface area is 174 Å². The van der Waals surface area contributed by atoms with E-state index < -0.39 is 5.41 Å². The van der Waals surface area contributed by atoms with Gasteiger partial charge in [-0.1, -0.05) is 53.7 Å². The third kappa shape index (κ3) is 2.60. The first kappa shape index (κ1) is 18.6. The number of carbonyl (C=O) groups is 2. The Hall–Kier alpha value is -3.41. The Balaban J connectivity index is 1.60. The monoisotopic (exact) mass is 401 g/mol. The summed E-state index contributed by atoms with van der Waals surface area (Å²) in [7, 11) is 0. The van der Waals surface area contributed by atoms with Crippen molar-refractivity contribution in [3.8, 4) is 0 Å². The van der Waals surface area contributed by atoms with E-state index in [-0.39, 0.29) is 24.3 Å². The van der Waals surface area contributed by atoms with Gasteiger partial charge in [-0.2, -0.15) is 0 Å². The van der Waals surface area contributed by atoms with Crippen LogP contribution >= 0.6 is 0 Å². The maximum Gasteiger partial charge on any atom is 0.237 e. The maximum absolute atomic E-state index is 13.5. The fourth-order valence-corrected chi connectivity index (χ4v) is 5.06. The number of carbonyl (C=O) groups excluding carboxylic acids is 2. The van der Waals surface area contributed by atoms with Gasteiger partial charge in [0.1, 0.15) is 11.2 Å². The quantitative estimate of drug-likeness (QED) is 0.726. The minimum absolute atomic E-state index is 0.0210. The molecule has 5 rings (SSSR count). The SMILES string of the molecule is Cc1noc(C)c1CC(=O)N1CC[C@]2(C(=O)Nc3ccccc32)[C@@H]1c1ccccc1. The van der Waals surface area contributed by atoms with Gasteiger partial charge in [-0.25, -0.2) is 0 Å². The second-order valence-electron chi connectivity index (χ2n) is 8.10. The zero-order valence-electron chi connectivity index (χ0n) is 17.0. The Morgan fingerprint density at radius 1 is 1.17 bits per heavy atom. The number of hydrogen-bond donors (Lipinski definition) is 1. The molecule has 2 atom stereocenters. The summed E-state index contributed by atoms with van der Waals surface area (Å²) in [4.78, 5) is 28.7. The van der Waals surface area contributed by atoms with Crippen molar-refractivity contribution in [1.29, 1.82) is 0 Å². The van der Waals surface area contributed by atoms with E-state index in [9.17, 15) is 9.59 Å². The fraction of sp³-hybridized carbons (Fsp3) is 0.292. The number of fused-ring (bicyclic) bond motifs is 2. The number of para-hydroxylation sites is 1. The zero-order valence-corrected chi connectivity index (χ0v) is 17.0. The van der Waals surface area contributed by atoms with Gasteiger partial charge in [0.2, 0.25) is 11.8 Å². The summed E-state index contributed by atoms with van der Waals surface area (Å²) in [5.74, 6) is 0.604. The zero-order chi connectivity index (χ0) is 20.9. The van der Waals surface area contributed by atoms with Gasteiger partial charge in [-0.15, -0.1) is 0 Å². The summed E-state index contributed by atoms with van der Waals surface area (Å²) < 4.78 is 5.24. The topological polar surface area (TPSA) is 75.4 Å². The first-order valence-electron chi connectivity index (χ1n) is 10.2. The number of nitrogens with zero attached hydrogens (tertiary/aromatic N) is 2. The lowest BCUT2D eigenvalue weighted by molar-refractivity contribution is -0.132. The third-order valence-corrected chi connectivity index (χ3v) is 6.53. The van der Waals surface area contributed by atoms with Crippen LogP contribution in [0.1, 0.15) is 40.6 Å². The highest BCUT2D eigenvalue weighted by Crippen LogP contribution is 2.54. The molecule has 6 heteroatoms. The normalized spacial score (nSPS) is 22.4. The molecule has 0 aliphatic carbocycles. The molecule has 0 unspecified atom stereocenters. The smallest absolute Gasteiger partial charge is 0.237 e. The van der Waals surface area contributed by atoms with Gasteiger partial charge in [0.15, 0.2) is 0 Å². The second-order valence-corrected chi connectivity index (χ2v) is 8.10. The van der Waals surface area contributed by atoms with Crippen molar-refractivity contribution >= 4 is 17.5 Å². The molecule has 3 heterocycles. The van der Waals surface area contributed by atoms with Crippen LogP contribution in [0, 0.1) is 13.8 Å². The molecule has 3 aromatic rings. The number of anilines is 1. The van der Waals surface area contributed by atoms with Crippen LogP contribution < -0.4 is 5.32 Å². The molecular weight excluding hydrogens is 378 g/mol. The minimum atomic E-state index is -0.785. The lowest BCUT2D eigenvalue weighted by Crippen LogP contribution is -2.43. The second kappa shape index (κ2) is 6.83. The largest absolute Gasteiger partial charge is 0.361 e. The molecule has 6 nitrogen and oxygen atoms in total. The van der Waals surface area contributed by atoms with Gasteiger partial charge in [0.05, 0.1) is 18.2 Å². The van der Waals surface area contributed by atoms with Gasteiger partial charge >= 0.3 is 0 Å². The van der Waals surface area contributed by atoms with Crippen molar-refractivity contribution in [2.45, 2.75) is 38.1 Å². The van der Waals surface area contributed by atoms with Crippen LogP contribution in [0.3, 0.4) is 0 Å². The van der Waals surface area contributed by atoms with Crippen LogP contribution in [0.15, 0.2) is 59.1 Å². The van der Waals surface area contributed by atoms with E-state index in [1.54, 1.807) is 0 Å². The Morgan fingerprint density at radius 3 is 2.63 bits per heavy atom. The molecule has 1 spiro atoms. The molecule has 1 aromatic heterocycles. The van der Waals surface area contributed by atoms with Crippen LogP contribution in [0.4, 0.5) is 5.69 Å². The van der Waals surface area contributed by atoms with Crippen molar-refractivity contribution in [2.75, 3.05) is 11.9 Å². The minimum Gasteiger partial charge on any atom is -0.361 e. The Bertz CT molecular complexity index is 1120. The highest BCUT2D eigenvalue weighted by molar-refractivity contribution is 6.07. The van der Waals surface area contributed by atoms with E-state index in [2.05, 4.69) is 10.5 Å². The summed E-state index contributed by atoms with van der Waals surface area (Å²) in [6, 6.07) is 17.3. The molecular formula is C24H23N3O3. The number of rotatable bonds is 3. The average Bonchev–Trinajstić information content (AvgIpc) is 3.40. The molecule has 152 valence electrons. The van der Waals surface area contributed by atoms with E-state index in [0.29, 0.717) is 18.7 Å². The molecule has 0 bridgehead atoms. The molecule has 1 saturated heterocycles. The predicted octanol–water partition coefficient (Wildman–Crippen LogP) is 3.70. The number of nitrogens with one attached hydrogen (secondary N) is 1. The van der Waals surface area contributed by atoms with E-state index >= 15 is 0 Å². The summed E-state index contributed by atoms with van der Waals surface area (Å²) in [5, 5.41) is 7.03. The molecule has 2 aliphatic rings. The lowest BCUT2D eigenvalue weighted by atomic mass is 9.72. The average molecular weight is 401 g/mol. The van der Waals surface area contributed by atoms with E-state index in [1.807, 2.05) is 73.3 Å². The molecule has 2 aromatic carbocycles. The molecule has 1 N–H and O–H groups in total. The number of amides is 2. The van der Waals surface area contributed by atoms with Crippen molar-refractivity contribution in [3.63, 3.8) is 0 Å². The standard InChI is InChI=1S/C24H23N3O3/c1-15-18(16(2)30-26-15)14-21(28)27-13-12-24(22(27)17-8-4-3-5-9-17)19-10-6-7-11-20(19)25-23(24)29/h3-11,22H,12-14H2,1-2H3,(H,25,29)/t22-,24+/m0/s1. The number of benzene rings is 2.